The minimum absolute atomic E-state index is 0.0509. The highest BCUT2D eigenvalue weighted by Gasteiger charge is 2.14. The molecule has 1 atom stereocenters. The molecular weight excluding hydrogens is 380 g/mol. The number of nitrogens with zero attached hydrogens (tertiary/aromatic N) is 1. The van der Waals surface area contributed by atoms with Crippen molar-refractivity contribution in [3.63, 3.8) is 0 Å². The number of aromatic nitrogens is 1. The highest BCUT2D eigenvalue weighted by molar-refractivity contribution is 7.99. The summed E-state index contributed by atoms with van der Waals surface area (Å²) in [6.07, 6.45) is 2.44. The quantitative estimate of drug-likeness (QED) is 0.575. The number of carbonyl (C=O) groups is 1. The molecule has 27 heavy (non-hydrogen) atoms. The first kappa shape index (κ1) is 19.5. The van der Waals surface area contributed by atoms with Crippen molar-refractivity contribution in [2.75, 3.05) is 13.7 Å². The number of thiazole rings is 1. The van der Waals surface area contributed by atoms with Gasteiger partial charge < -0.3 is 14.5 Å². The molecule has 1 amide bonds. The standard InChI is InChI=1S/C20H22N2O3S2/c1-14(19(23)21-10-9-15-5-7-17(24-2)8-6-15)26-12-16-13-27-20(22-16)18-4-3-11-25-18/h3-8,11,13-14H,9-10,12H2,1-2H3,(H,21,23). The van der Waals surface area contributed by atoms with E-state index in [-0.39, 0.29) is 11.2 Å². The lowest BCUT2D eigenvalue weighted by Gasteiger charge is -2.11. The largest absolute Gasteiger partial charge is 0.497 e. The second-order valence-electron chi connectivity index (χ2n) is 5.96. The van der Waals surface area contributed by atoms with Crippen molar-refractivity contribution in [3.8, 4) is 16.5 Å². The van der Waals surface area contributed by atoms with E-state index in [1.807, 2.05) is 48.7 Å². The molecule has 0 aliphatic heterocycles. The Kier molecular flexibility index (Phi) is 6.95. The molecule has 1 aromatic carbocycles. The molecule has 0 radical (unpaired) electrons. The molecule has 3 aromatic rings. The molecule has 0 saturated carbocycles. The molecule has 7 heteroatoms. The van der Waals surface area contributed by atoms with Gasteiger partial charge in [-0.1, -0.05) is 12.1 Å². The molecule has 0 aliphatic rings. The fourth-order valence-electron chi connectivity index (χ4n) is 2.44. The van der Waals surface area contributed by atoms with E-state index in [0.717, 1.165) is 28.6 Å². The zero-order valence-corrected chi connectivity index (χ0v) is 16.9. The number of hydrogen-bond donors (Lipinski definition) is 1. The van der Waals surface area contributed by atoms with Crippen LogP contribution in [0.4, 0.5) is 0 Å². The SMILES string of the molecule is COc1ccc(CCNC(=O)C(C)SCc2csc(-c3ccco3)n2)cc1. The Morgan fingerprint density at radius 3 is 2.85 bits per heavy atom. The van der Waals surface area contributed by atoms with E-state index >= 15 is 0 Å². The average molecular weight is 403 g/mol. The van der Waals surface area contributed by atoms with Crippen LogP contribution in [-0.2, 0) is 17.0 Å². The summed E-state index contributed by atoms with van der Waals surface area (Å²) in [6, 6.07) is 11.6. The summed E-state index contributed by atoms with van der Waals surface area (Å²) in [5.74, 6) is 2.37. The van der Waals surface area contributed by atoms with Gasteiger partial charge in [0.15, 0.2) is 10.8 Å². The molecule has 5 nitrogen and oxygen atoms in total. The van der Waals surface area contributed by atoms with Crippen LogP contribution < -0.4 is 10.1 Å². The number of rotatable bonds is 9. The van der Waals surface area contributed by atoms with Crippen LogP contribution in [-0.4, -0.2) is 29.8 Å². The van der Waals surface area contributed by atoms with E-state index < -0.39 is 0 Å². The topological polar surface area (TPSA) is 64.4 Å². The lowest BCUT2D eigenvalue weighted by molar-refractivity contribution is -0.120. The summed E-state index contributed by atoms with van der Waals surface area (Å²) in [6.45, 7) is 2.54. The number of nitrogens with one attached hydrogen (secondary N) is 1. The molecule has 0 aliphatic carbocycles. The Hall–Kier alpha value is -2.25. The normalized spacial score (nSPS) is 11.9. The van der Waals surface area contributed by atoms with Crippen LogP contribution in [0.25, 0.3) is 10.8 Å². The van der Waals surface area contributed by atoms with Crippen LogP contribution in [0.2, 0.25) is 0 Å². The van der Waals surface area contributed by atoms with Crippen LogP contribution in [0.1, 0.15) is 18.2 Å². The van der Waals surface area contributed by atoms with Gasteiger partial charge in [-0.15, -0.1) is 23.1 Å². The van der Waals surface area contributed by atoms with Crippen LogP contribution in [0, 0.1) is 0 Å². The predicted molar refractivity (Wildman–Crippen MR) is 110 cm³/mol. The maximum atomic E-state index is 12.3. The number of thioether (sulfide) groups is 1. The maximum Gasteiger partial charge on any atom is 0.232 e. The van der Waals surface area contributed by atoms with E-state index in [9.17, 15) is 4.79 Å². The third-order valence-corrected chi connectivity index (χ3v) is 6.09. The maximum absolute atomic E-state index is 12.3. The number of benzene rings is 1. The zero-order valence-electron chi connectivity index (χ0n) is 15.3. The highest BCUT2D eigenvalue weighted by atomic mass is 32.2. The summed E-state index contributed by atoms with van der Waals surface area (Å²) in [7, 11) is 1.65. The molecule has 0 bridgehead atoms. The van der Waals surface area contributed by atoms with Crippen LogP contribution in [0.3, 0.4) is 0 Å². The van der Waals surface area contributed by atoms with Gasteiger partial charge in [-0.25, -0.2) is 4.98 Å². The lowest BCUT2D eigenvalue weighted by Crippen LogP contribution is -2.32. The number of carbonyl (C=O) groups excluding carboxylic acids is 1. The van der Waals surface area contributed by atoms with Gasteiger partial charge in [-0.2, -0.15) is 0 Å². The van der Waals surface area contributed by atoms with Crippen molar-refractivity contribution >= 4 is 29.0 Å². The summed E-state index contributed by atoms with van der Waals surface area (Å²) < 4.78 is 10.5. The van der Waals surface area contributed by atoms with Gasteiger partial charge in [0.2, 0.25) is 5.91 Å². The van der Waals surface area contributed by atoms with Crippen molar-refractivity contribution in [3.05, 3.63) is 59.3 Å². The highest BCUT2D eigenvalue weighted by Crippen LogP contribution is 2.26. The second kappa shape index (κ2) is 9.62. The molecule has 0 fully saturated rings. The Morgan fingerprint density at radius 2 is 2.15 bits per heavy atom. The van der Waals surface area contributed by atoms with Crippen molar-refractivity contribution < 1.29 is 13.9 Å². The van der Waals surface area contributed by atoms with E-state index in [2.05, 4.69) is 10.3 Å². The first-order valence-electron chi connectivity index (χ1n) is 8.66. The molecule has 1 unspecified atom stereocenters. The minimum Gasteiger partial charge on any atom is -0.497 e. The average Bonchev–Trinajstić information content (AvgIpc) is 3.38. The van der Waals surface area contributed by atoms with Crippen molar-refractivity contribution in [2.45, 2.75) is 24.3 Å². The first-order valence-corrected chi connectivity index (χ1v) is 10.6. The number of furan rings is 1. The van der Waals surface area contributed by atoms with Crippen molar-refractivity contribution in [2.24, 2.45) is 0 Å². The van der Waals surface area contributed by atoms with Gasteiger partial charge >= 0.3 is 0 Å². The molecule has 2 heterocycles. The lowest BCUT2D eigenvalue weighted by atomic mass is 10.1. The van der Waals surface area contributed by atoms with E-state index in [1.165, 1.54) is 5.56 Å². The molecule has 0 saturated heterocycles. The summed E-state index contributed by atoms with van der Waals surface area (Å²) >= 11 is 3.14. The predicted octanol–water partition coefficient (Wildman–Crippen LogP) is 4.39. The van der Waals surface area contributed by atoms with Gasteiger partial charge in [-0.3, -0.25) is 4.79 Å². The summed E-state index contributed by atoms with van der Waals surface area (Å²) in [5.41, 5.74) is 2.14. The van der Waals surface area contributed by atoms with Gasteiger partial charge in [0.1, 0.15) is 5.75 Å². The van der Waals surface area contributed by atoms with Gasteiger partial charge in [0.05, 0.1) is 24.3 Å². The molecule has 1 N–H and O–H groups in total. The monoisotopic (exact) mass is 402 g/mol. The fourth-order valence-corrected chi connectivity index (χ4v) is 4.13. The Morgan fingerprint density at radius 1 is 1.33 bits per heavy atom. The molecule has 142 valence electrons. The third kappa shape index (κ3) is 5.61. The third-order valence-electron chi connectivity index (χ3n) is 4.01. The Balaban J connectivity index is 1.39. The Bertz CT molecular complexity index is 845. The smallest absolute Gasteiger partial charge is 0.232 e. The summed E-state index contributed by atoms with van der Waals surface area (Å²) in [5, 5.41) is 5.75. The van der Waals surface area contributed by atoms with Gasteiger partial charge in [0, 0.05) is 17.7 Å². The molecule has 3 rings (SSSR count). The second-order valence-corrected chi connectivity index (χ2v) is 8.15. The van der Waals surface area contributed by atoms with E-state index in [4.69, 9.17) is 9.15 Å². The zero-order chi connectivity index (χ0) is 19.1. The Labute approximate surface area is 167 Å². The van der Waals surface area contributed by atoms with Crippen molar-refractivity contribution in [1.29, 1.82) is 0 Å². The van der Waals surface area contributed by atoms with Crippen LogP contribution in [0.5, 0.6) is 5.75 Å². The number of ether oxygens (including phenoxy) is 1. The minimum atomic E-state index is -0.130. The molecular formula is C20H22N2O3S2. The first-order chi connectivity index (χ1) is 13.2. The van der Waals surface area contributed by atoms with Crippen molar-refractivity contribution in [1.82, 2.24) is 10.3 Å². The number of methoxy groups -OCH3 is 1. The molecule has 0 spiro atoms. The van der Waals surface area contributed by atoms with Crippen LogP contribution >= 0.6 is 23.1 Å². The van der Waals surface area contributed by atoms with Crippen LogP contribution in [0.15, 0.2) is 52.5 Å². The number of amides is 1. The number of hydrogen-bond acceptors (Lipinski definition) is 6. The summed E-state index contributed by atoms with van der Waals surface area (Å²) in [4.78, 5) is 16.8. The van der Waals surface area contributed by atoms with Gasteiger partial charge in [-0.05, 0) is 43.2 Å². The fraction of sp³-hybridized carbons (Fsp3) is 0.300. The van der Waals surface area contributed by atoms with E-state index in [0.29, 0.717) is 12.3 Å². The van der Waals surface area contributed by atoms with Gasteiger partial charge in [0.25, 0.3) is 0 Å². The van der Waals surface area contributed by atoms with E-state index in [1.54, 1.807) is 36.5 Å². The molecule has 2 aromatic heterocycles.